The molecular formula is C11H15ClN2S2. The molecule has 0 saturated carbocycles. The Morgan fingerprint density at radius 3 is 3.06 bits per heavy atom. The highest BCUT2D eigenvalue weighted by Gasteiger charge is 2.11. The van der Waals surface area contributed by atoms with Gasteiger partial charge in [0.1, 0.15) is 0 Å². The molecule has 1 atom stereocenters. The molecule has 1 aliphatic heterocycles. The molecule has 88 valence electrons. The normalized spacial score (nSPS) is 20.6. The third-order valence-electron chi connectivity index (χ3n) is 2.33. The summed E-state index contributed by atoms with van der Waals surface area (Å²) in [5.41, 5.74) is 0. The molecule has 0 spiro atoms. The summed E-state index contributed by atoms with van der Waals surface area (Å²) in [6.45, 7) is 4.14. The average molecular weight is 275 g/mol. The van der Waals surface area contributed by atoms with Crippen LogP contribution in [0, 0.1) is 5.92 Å². The number of hydrogen-bond donors (Lipinski definition) is 1. The molecule has 1 unspecified atom stereocenters. The first-order valence-electron chi connectivity index (χ1n) is 5.39. The number of amidine groups is 1. The first-order valence-corrected chi connectivity index (χ1v) is 7.57. The predicted molar refractivity (Wildman–Crippen MR) is 75.0 cm³/mol. The Bertz CT molecular complexity index is 376. The lowest BCUT2D eigenvalue weighted by Gasteiger charge is -2.17. The Morgan fingerprint density at radius 2 is 2.44 bits per heavy atom. The van der Waals surface area contributed by atoms with Crippen LogP contribution in [0.4, 0.5) is 0 Å². The number of aliphatic imine (C=N–C) groups is 1. The maximum Gasteiger partial charge on any atom is 0.156 e. The average Bonchev–Trinajstić information content (AvgIpc) is 2.67. The van der Waals surface area contributed by atoms with Crippen molar-refractivity contribution in [1.29, 1.82) is 0 Å². The van der Waals surface area contributed by atoms with E-state index in [9.17, 15) is 0 Å². The summed E-state index contributed by atoms with van der Waals surface area (Å²) in [6.07, 6.45) is 1.02. The smallest absolute Gasteiger partial charge is 0.156 e. The van der Waals surface area contributed by atoms with Gasteiger partial charge >= 0.3 is 0 Å². The van der Waals surface area contributed by atoms with Gasteiger partial charge in [0.05, 0.1) is 4.34 Å². The molecule has 1 aliphatic rings. The number of nitrogens with zero attached hydrogens (tertiary/aromatic N) is 1. The van der Waals surface area contributed by atoms with Crippen molar-refractivity contribution in [2.45, 2.75) is 13.3 Å². The van der Waals surface area contributed by atoms with E-state index in [1.165, 1.54) is 10.6 Å². The number of rotatable bonds is 3. The van der Waals surface area contributed by atoms with Gasteiger partial charge < -0.3 is 5.32 Å². The van der Waals surface area contributed by atoms with E-state index in [1.807, 2.05) is 17.8 Å². The fourth-order valence-corrected chi connectivity index (χ4v) is 3.45. The van der Waals surface area contributed by atoms with E-state index in [-0.39, 0.29) is 0 Å². The third kappa shape index (κ3) is 3.68. The maximum atomic E-state index is 5.87. The van der Waals surface area contributed by atoms with Crippen molar-refractivity contribution in [2.24, 2.45) is 10.9 Å². The highest BCUT2D eigenvalue weighted by atomic mass is 35.5. The molecule has 0 bridgehead atoms. The van der Waals surface area contributed by atoms with Crippen LogP contribution in [-0.4, -0.2) is 24.0 Å². The van der Waals surface area contributed by atoms with Crippen LogP contribution >= 0.6 is 34.7 Å². The van der Waals surface area contributed by atoms with Gasteiger partial charge in [-0.3, -0.25) is 4.99 Å². The Hall–Kier alpha value is -0.190. The summed E-state index contributed by atoms with van der Waals surface area (Å²) in [7, 11) is 0. The van der Waals surface area contributed by atoms with E-state index in [4.69, 9.17) is 11.6 Å². The van der Waals surface area contributed by atoms with Gasteiger partial charge in [-0.1, -0.05) is 30.3 Å². The lowest BCUT2D eigenvalue weighted by molar-refractivity contribution is 0.669. The number of hydrogen-bond acceptors (Lipinski definition) is 4. The molecule has 2 rings (SSSR count). The van der Waals surface area contributed by atoms with Gasteiger partial charge in [-0.2, -0.15) is 0 Å². The minimum Gasteiger partial charge on any atom is -0.365 e. The molecule has 2 heterocycles. The molecule has 16 heavy (non-hydrogen) atoms. The van der Waals surface area contributed by atoms with Crippen LogP contribution in [-0.2, 0) is 6.42 Å². The molecule has 1 N–H and O–H groups in total. The van der Waals surface area contributed by atoms with Crippen LogP contribution in [0.15, 0.2) is 17.1 Å². The molecule has 0 radical (unpaired) electrons. The fraction of sp³-hybridized carbons (Fsp3) is 0.545. The van der Waals surface area contributed by atoms with Crippen molar-refractivity contribution in [3.05, 3.63) is 21.3 Å². The number of thioether (sulfide) groups is 1. The van der Waals surface area contributed by atoms with E-state index in [0.29, 0.717) is 5.92 Å². The zero-order chi connectivity index (χ0) is 11.4. The second-order valence-electron chi connectivity index (χ2n) is 3.94. The highest BCUT2D eigenvalue weighted by Crippen LogP contribution is 2.21. The van der Waals surface area contributed by atoms with Crippen molar-refractivity contribution in [1.82, 2.24) is 5.32 Å². The monoisotopic (exact) mass is 274 g/mol. The standard InChI is InChI=1S/C11H15ClN2S2/c1-8-6-14-11(15-7-8)13-5-4-9-2-3-10(12)16-9/h2-3,8H,4-7H2,1H3,(H,13,14). The van der Waals surface area contributed by atoms with Gasteiger partial charge in [-0.05, 0) is 24.5 Å². The molecule has 0 amide bonds. The third-order valence-corrected chi connectivity index (χ3v) is 4.90. The lowest BCUT2D eigenvalue weighted by Crippen LogP contribution is -2.27. The Kier molecular flexibility index (Phi) is 4.55. The number of nitrogens with one attached hydrogen (secondary N) is 1. The molecule has 0 saturated heterocycles. The predicted octanol–water partition coefficient (Wildman–Crippen LogP) is 3.27. The van der Waals surface area contributed by atoms with E-state index < -0.39 is 0 Å². The zero-order valence-electron chi connectivity index (χ0n) is 9.20. The molecule has 0 aliphatic carbocycles. The summed E-state index contributed by atoms with van der Waals surface area (Å²) in [5, 5.41) is 4.47. The maximum absolute atomic E-state index is 5.87. The summed E-state index contributed by atoms with van der Waals surface area (Å²) in [4.78, 5) is 5.82. The van der Waals surface area contributed by atoms with Gasteiger partial charge in [0.25, 0.3) is 0 Å². The minimum absolute atomic E-state index is 0.714. The van der Waals surface area contributed by atoms with E-state index in [1.54, 1.807) is 11.3 Å². The van der Waals surface area contributed by atoms with Crippen molar-refractivity contribution in [3.8, 4) is 0 Å². The highest BCUT2D eigenvalue weighted by molar-refractivity contribution is 8.13. The molecule has 0 fully saturated rings. The Balaban J connectivity index is 1.72. The van der Waals surface area contributed by atoms with E-state index >= 15 is 0 Å². The molecular weight excluding hydrogens is 260 g/mol. The largest absolute Gasteiger partial charge is 0.365 e. The van der Waals surface area contributed by atoms with Crippen LogP contribution < -0.4 is 5.32 Å². The van der Waals surface area contributed by atoms with Crippen molar-refractivity contribution >= 4 is 39.9 Å². The van der Waals surface area contributed by atoms with Crippen LogP contribution in [0.3, 0.4) is 0 Å². The topological polar surface area (TPSA) is 24.4 Å². The molecule has 2 nitrogen and oxygen atoms in total. The second-order valence-corrected chi connectivity index (χ2v) is 6.75. The Labute approximate surface area is 109 Å². The summed E-state index contributed by atoms with van der Waals surface area (Å²) in [5.74, 6) is 1.89. The van der Waals surface area contributed by atoms with Crippen molar-refractivity contribution in [2.75, 3.05) is 18.8 Å². The SMILES string of the molecule is CC1CN=C(NCCc2ccc(Cl)s2)SC1. The first kappa shape index (κ1) is 12.3. The first-order chi connectivity index (χ1) is 7.74. The second kappa shape index (κ2) is 5.94. The number of halogens is 1. The van der Waals surface area contributed by atoms with Gasteiger partial charge in [0.2, 0.25) is 0 Å². The van der Waals surface area contributed by atoms with Gasteiger partial charge in [-0.15, -0.1) is 11.3 Å². The zero-order valence-corrected chi connectivity index (χ0v) is 11.6. The van der Waals surface area contributed by atoms with Gasteiger partial charge in [0.15, 0.2) is 5.17 Å². The van der Waals surface area contributed by atoms with Crippen LogP contribution in [0.25, 0.3) is 0 Å². The Morgan fingerprint density at radius 1 is 1.56 bits per heavy atom. The number of thiophene rings is 1. The molecule has 0 aromatic carbocycles. The quantitative estimate of drug-likeness (QED) is 0.915. The summed E-state index contributed by atoms with van der Waals surface area (Å²) >= 11 is 9.36. The van der Waals surface area contributed by atoms with Gasteiger partial charge in [0, 0.05) is 23.7 Å². The molecule has 1 aromatic rings. The summed E-state index contributed by atoms with van der Waals surface area (Å²) < 4.78 is 0.869. The van der Waals surface area contributed by atoms with Crippen LogP contribution in [0.5, 0.6) is 0 Å². The lowest BCUT2D eigenvalue weighted by atomic mass is 10.2. The van der Waals surface area contributed by atoms with Crippen LogP contribution in [0.2, 0.25) is 4.34 Å². The fourth-order valence-electron chi connectivity index (χ4n) is 1.44. The molecule has 1 aromatic heterocycles. The molecule has 5 heteroatoms. The van der Waals surface area contributed by atoms with Crippen molar-refractivity contribution in [3.63, 3.8) is 0 Å². The van der Waals surface area contributed by atoms with Crippen molar-refractivity contribution < 1.29 is 0 Å². The van der Waals surface area contributed by atoms with E-state index in [2.05, 4.69) is 23.3 Å². The van der Waals surface area contributed by atoms with Crippen LogP contribution in [0.1, 0.15) is 11.8 Å². The minimum atomic E-state index is 0.714. The van der Waals surface area contributed by atoms with E-state index in [0.717, 1.165) is 29.0 Å². The van der Waals surface area contributed by atoms with Gasteiger partial charge in [-0.25, -0.2) is 0 Å². The summed E-state index contributed by atoms with van der Waals surface area (Å²) in [6, 6.07) is 4.04.